The van der Waals surface area contributed by atoms with Crippen molar-refractivity contribution < 1.29 is 18.5 Å². The van der Waals surface area contributed by atoms with E-state index in [1.54, 1.807) is 0 Å². The average Bonchev–Trinajstić information content (AvgIpc) is 2.87. The molecule has 0 aliphatic heterocycles. The fraction of sp³-hybridized carbons (Fsp3) is 0.615. The van der Waals surface area contributed by atoms with Gasteiger partial charge in [0.15, 0.2) is 5.09 Å². The maximum absolute atomic E-state index is 12.4. The van der Waals surface area contributed by atoms with Gasteiger partial charge in [-0.15, -0.1) is 0 Å². The predicted molar refractivity (Wildman–Crippen MR) is 68.1 cm³/mol. The number of carboxylic acid groups (broad SMARTS) is 1. The zero-order valence-electron chi connectivity index (χ0n) is 10.4. The minimum absolute atomic E-state index is 0.108. The lowest BCUT2D eigenvalue weighted by molar-refractivity contribution is 0.0656. The van der Waals surface area contributed by atoms with Crippen LogP contribution < -0.4 is 0 Å². The summed E-state index contributed by atoms with van der Waals surface area (Å²) in [4.78, 5) is 10.7. The molecule has 5 heteroatoms. The summed E-state index contributed by atoms with van der Waals surface area (Å²) < 4.78 is 17.6. The van der Waals surface area contributed by atoms with Gasteiger partial charge >= 0.3 is 5.97 Å². The highest BCUT2D eigenvalue weighted by molar-refractivity contribution is 7.85. The van der Waals surface area contributed by atoms with E-state index in [-0.39, 0.29) is 11.0 Å². The Hall–Kier alpha value is -1.10. The van der Waals surface area contributed by atoms with Crippen LogP contribution >= 0.6 is 0 Å². The first-order valence-electron chi connectivity index (χ1n) is 6.37. The molecule has 3 atom stereocenters. The Balaban J connectivity index is 2.15. The molecule has 4 nitrogen and oxygen atoms in total. The van der Waals surface area contributed by atoms with Crippen LogP contribution in [0.4, 0.5) is 0 Å². The van der Waals surface area contributed by atoms with E-state index >= 15 is 0 Å². The normalized spacial score (nSPS) is 25.8. The van der Waals surface area contributed by atoms with Crippen LogP contribution in [0.1, 0.15) is 49.6 Å². The number of rotatable bonds is 4. The Kier molecular flexibility index (Phi) is 4.22. The molecular formula is C13H18O4S. The van der Waals surface area contributed by atoms with Crippen LogP contribution in [0.2, 0.25) is 0 Å². The standard InChI is InChI=1S/C13H18O4S/c1-2-9-5-3-4-6-11(9)18(16)12-8-7-10(17-12)13(14)15/h7-9,11H,2-6H2,1H3,(H,14,15). The largest absolute Gasteiger partial charge is 0.475 e. The number of hydrogen-bond acceptors (Lipinski definition) is 3. The molecule has 1 aliphatic rings. The molecule has 1 aromatic heterocycles. The highest BCUT2D eigenvalue weighted by Crippen LogP contribution is 2.33. The molecule has 0 radical (unpaired) electrons. The zero-order chi connectivity index (χ0) is 13.1. The van der Waals surface area contributed by atoms with E-state index in [2.05, 4.69) is 6.92 Å². The Labute approximate surface area is 109 Å². The van der Waals surface area contributed by atoms with Crippen molar-refractivity contribution >= 4 is 16.8 Å². The van der Waals surface area contributed by atoms with Gasteiger partial charge in [-0.1, -0.05) is 26.2 Å². The van der Waals surface area contributed by atoms with Crippen LogP contribution in [-0.2, 0) is 10.8 Å². The molecule has 1 N–H and O–H groups in total. The summed E-state index contributed by atoms with van der Waals surface area (Å²) in [6, 6.07) is 2.90. The number of hydrogen-bond donors (Lipinski definition) is 1. The summed E-state index contributed by atoms with van der Waals surface area (Å²) in [5.41, 5.74) is 0. The fourth-order valence-corrected chi connectivity index (χ4v) is 4.35. The molecule has 100 valence electrons. The molecule has 0 bridgehead atoms. The number of carbonyl (C=O) groups is 1. The van der Waals surface area contributed by atoms with Crippen molar-refractivity contribution in [1.82, 2.24) is 0 Å². The predicted octanol–water partition coefficient (Wildman–Crippen LogP) is 3.05. The Morgan fingerprint density at radius 2 is 2.17 bits per heavy atom. The zero-order valence-corrected chi connectivity index (χ0v) is 11.2. The minimum atomic E-state index is -1.23. The van der Waals surface area contributed by atoms with Gasteiger partial charge in [0, 0.05) is 5.25 Å². The molecule has 0 spiro atoms. The third kappa shape index (κ3) is 2.66. The van der Waals surface area contributed by atoms with Crippen molar-refractivity contribution in [3.8, 4) is 0 Å². The quantitative estimate of drug-likeness (QED) is 0.913. The molecule has 0 amide bonds. The lowest BCUT2D eigenvalue weighted by Gasteiger charge is -2.29. The van der Waals surface area contributed by atoms with Crippen molar-refractivity contribution in [3.05, 3.63) is 17.9 Å². The summed E-state index contributed by atoms with van der Waals surface area (Å²) >= 11 is 0. The van der Waals surface area contributed by atoms with Gasteiger partial charge in [-0.25, -0.2) is 4.79 Å². The highest BCUT2D eigenvalue weighted by atomic mass is 32.2. The lowest BCUT2D eigenvalue weighted by atomic mass is 9.87. The van der Waals surface area contributed by atoms with Gasteiger partial charge in [-0.3, -0.25) is 4.21 Å². The molecule has 0 aromatic carbocycles. The third-order valence-electron chi connectivity index (χ3n) is 3.63. The van der Waals surface area contributed by atoms with Gasteiger partial charge in [0.05, 0.1) is 10.8 Å². The molecule has 1 heterocycles. The van der Waals surface area contributed by atoms with Crippen LogP contribution in [0.5, 0.6) is 0 Å². The molecule has 1 aliphatic carbocycles. The molecule has 1 aromatic rings. The first-order valence-corrected chi connectivity index (χ1v) is 7.58. The molecule has 1 saturated carbocycles. The SMILES string of the molecule is CCC1CCCCC1S(=O)c1ccc(C(=O)O)o1. The van der Waals surface area contributed by atoms with Gasteiger partial charge in [0.25, 0.3) is 0 Å². The number of aromatic carboxylic acids is 1. The van der Waals surface area contributed by atoms with Crippen LogP contribution in [0.15, 0.2) is 21.6 Å². The molecule has 0 saturated heterocycles. The molecular weight excluding hydrogens is 252 g/mol. The number of furan rings is 1. The van der Waals surface area contributed by atoms with Gasteiger partial charge in [-0.05, 0) is 30.9 Å². The van der Waals surface area contributed by atoms with Crippen LogP contribution in [-0.4, -0.2) is 20.5 Å². The summed E-state index contributed by atoms with van der Waals surface area (Å²) in [6.07, 6.45) is 5.36. The average molecular weight is 270 g/mol. The Bertz CT molecular complexity index is 452. The van der Waals surface area contributed by atoms with Gasteiger partial charge in [0.1, 0.15) is 0 Å². The van der Waals surface area contributed by atoms with Crippen LogP contribution in [0.3, 0.4) is 0 Å². The maximum atomic E-state index is 12.4. The van der Waals surface area contributed by atoms with Crippen molar-refractivity contribution in [2.24, 2.45) is 5.92 Å². The van der Waals surface area contributed by atoms with Crippen molar-refractivity contribution in [1.29, 1.82) is 0 Å². The van der Waals surface area contributed by atoms with Crippen LogP contribution in [0, 0.1) is 5.92 Å². The topological polar surface area (TPSA) is 67.5 Å². The van der Waals surface area contributed by atoms with Gasteiger partial charge in [0.2, 0.25) is 5.76 Å². The molecule has 2 rings (SSSR count). The lowest BCUT2D eigenvalue weighted by Crippen LogP contribution is -2.28. The van der Waals surface area contributed by atoms with E-state index in [4.69, 9.17) is 9.52 Å². The second-order valence-electron chi connectivity index (χ2n) is 4.71. The van der Waals surface area contributed by atoms with E-state index in [1.165, 1.54) is 18.6 Å². The van der Waals surface area contributed by atoms with E-state index < -0.39 is 16.8 Å². The molecule has 1 fully saturated rings. The first kappa shape index (κ1) is 13.3. The van der Waals surface area contributed by atoms with Crippen molar-refractivity contribution in [2.45, 2.75) is 49.4 Å². The van der Waals surface area contributed by atoms with Crippen molar-refractivity contribution in [2.75, 3.05) is 0 Å². The van der Waals surface area contributed by atoms with E-state index in [9.17, 15) is 9.00 Å². The third-order valence-corrected chi connectivity index (χ3v) is 5.42. The van der Waals surface area contributed by atoms with E-state index in [0.29, 0.717) is 11.0 Å². The summed E-state index contributed by atoms with van der Waals surface area (Å²) in [6.45, 7) is 2.12. The van der Waals surface area contributed by atoms with Crippen LogP contribution in [0.25, 0.3) is 0 Å². The summed E-state index contributed by atoms with van der Waals surface area (Å²) in [5.74, 6) is -0.797. The first-order chi connectivity index (χ1) is 8.63. The second kappa shape index (κ2) is 5.69. The van der Waals surface area contributed by atoms with E-state index in [0.717, 1.165) is 25.7 Å². The highest BCUT2D eigenvalue weighted by Gasteiger charge is 2.31. The monoisotopic (exact) mass is 270 g/mol. The van der Waals surface area contributed by atoms with E-state index in [1.807, 2.05) is 0 Å². The summed E-state index contributed by atoms with van der Waals surface area (Å²) in [5, 5.41) is 9.21. The number of carboxylic acids is 1. The maximum Gasteiger partial charge on any atom is 0.371 e. The summed E-state index contributed by atoms with van der Waals surface area (Å²) in [7, 11) is -1.23. The fourth-order valence-electron chi connectivity index (χ4n) is 2.61. The Morgan fingerprint density at radius 3 is 2.78 bits per heavy atom. The second-order valence-corrected chi connectivity index (χ2v) is 6.32. The smallest absolute Gasteiger partial charge is 0.371 e. The van der Waals surface area contributed by atoms with Gasteiger partial charge in [-0.2, -0.15) is 0 Å². The molecule has 3 unspecified atom stereocenters. The van der Waals surface area contributed by atoms with Crippen molar-refractivity contribution in [3.63, 3.8) is 0 Å². The van der Waals surface area contributed by atoms with Gasteiger partial charge < -0.3 is 9.52 Å². The molecule has 18 heavy (non-hydrogen) atoms. The minimum Gasteiger partial charge on any atom is -0.475 e. The Morgan fingerprint density at radius 1 is 1.44 bits per heavy atom.